The van der Waals surface area contributed by atoms with E-state index in [0.717, 1.165) is 35.4 Å². The largest absolute Gasteiger partial charge is 0.573 e. The number of anilines is 1. The number of halogens is 3. The van der Waals surface area contributed by atoms with Crippen LogP contribution in [0.25, 0.3) is 5.69 Å². The molecule has 3 aromatic rings. The number of nitrogens with one attached hydrogen (secondary N) is 3. The van der Waals surface area contributed by atoms with Crippen LogP contribution in [0.15, 0.2) is 72.6 Å². The van der Waals surface area contributed by atoms with Crippen LogP contribution in [0.4, 0.5) is 23.7 Å². The highest BCUT2D eigenvalue weighted by molar-refractivity contribution is 7.80. The molecule has 13 heteroatoms. The predicted molar refractivity (Wildman–Crippen MR) is 152 cm³/mol. The number of hydrogen-bond acceptors (Lipinski definition) is 6. The number of nitrogens with zero attached hydrogens (tertiary/aromatic N) is 3. The van der Waals surface area contributed by atoms with Crippen LogP contribution < -0.4 is 25.4 Å². The molecule has 1 aromatic heterocycles. The molecule has 1 heterocycles. The third kappa shape index (κ3) is 8.80. The molecule has 2 aromatic carbocycles. The average molecular weight is 587 g/mol. The summed E-state index contributed by atoms with van der Waals surface area (Å²) < 4.78 is 47.7. The number of carbonyl (C=O) groups excluding carboxylic acids is 1. The van der Waals surface area contributed by atoms with Gasteiger partial charge >= 0.3 is 12.4 Å². The summed E-state index contributed by atoms with van der Waals surface area (Å²) >= 11 is 5.23. The number of hydrogen-bond donors (Lipinski definition) is 3. The van der Waals surface area contributed by atoms with E-state index in [-0.39, 0.29) is 22.8 Å². The van der Waals surface area contributed by atoms with Gasteiger partial charge in [-0.25, -0.2) is 14.5 Å². The molecule has 9 nitrogen and oxygen atoms in total. The number of urea groups is 1. The van der Waals surface area contributed by atoms with E-state index in [1.807, 2.05) is 31.2 Å². The lowest BCUT2D eigenvalue weighted by Gasteiger charge is -2.14. The first kappa shape index (κ1) is 29.6. The van der Waals surface area contributed by atoms with Gasteiger partial charge in [-0.05, 0) is 86.4 Å². The lowest BCUT2D eigenvalue weighted by Crippen LogP contribution is -2.41. The van der Waals surface area contributed by atoms with Crippen molar-refractivity contribution in [3.63, 3.8) is 0 Å². The maximum absolute atomic E-state index is 12.4. The zero-order chi connectivity index (χ0) is 29.4. The molecule has 0 spiro atoms. The quantitative estimate of drug-likeness (QED) is 0.211. The van der Waals surface area contributed by atoms with Crippen LogP contribution in [0.2, 0.25) is 0 Å². The summed E-state index contributed by atoms with van der Waals surface area (Å²) in [5.74, 6) is 1.03. The van der Waals surface area contributed by atoms with Crippen molar-refractivity contribution in [3.8, 4) is 17.2 Å². The van der Waals surface area contributed by atoms with Gasteiger partial charge in [-0.1, -0.05) is 23.8 Å². The van der Waals surface area contributed by atoms with Gasteiger partial charge in [0.2, 0.25) is 0 Å². The van der Waals surface area contributed by atoms with Gasteiger partial charge in [0.05, 0.1) is 12.8 Å². The molecule has 2 amide bonds. The number of benzene rings is 2. The van der Waals surface area contributed by atoms with Crippen molar-refractivity contribution in [1.82, 2.24) is 25.4 Å². The van der Waals surface area contributed by atoms with Crippen LogP contribution in [0.3, 0.4) is 0 Å². The first-order chi connectivity index (χ1) is 19.6. The van der Waals surface area contributed by atoms with Crippen LogP contribution in [0.1, 0.15) is 36.6 Å². The van der Waals surface area contributed by atoms with Gasteiger partial charge in [0.25, 0.3) is 0 Å². The summed E-state index contributed by atoms with van der Waals surface area (Å²) in [6.07, 6.45) is 5.19. The lowest BCUT2D eigenvalue weighted by molar-refractivity contribution is -0.274. The molecule has 0 saturated heterocycles. The van der Waals surface area contributed by atoms with E-state index in [0.29, 0.717) is 24.5 Å². The van der Waals surface area contributed by atoms with Crippen molar-refractivity contribution in [3.05, 3.63) is 84.0 Å². The summed E-state index contributed by atoms with van der Waals surface area (Å²) in [6, 6.07) is 10.5. The number of carbonyl (C=O) groups is 1. The van der Waals surface area contributed by atoms with Gasteiger partial charge in [-0.2, -0.15) is 5.10 Å². The van der Waals surface area contributed by atoms with E-state index in [1.165, 1.54) is 35.3 Å². The molecular weight excluding hydrogens is 557 g/mol. The van der Waals surface area contributed by atoms with Crippen molar-refractivity contribution in [2.75, 3.05) is 19.0 Å². The first-order valence-corrected chi connectivity index (χ1v) is 13.2. The number of ether oxygens (including phenoxy) is 2. The van der Waals surface area contributed by atoms with Crippen molar-refractivity contribution >= 4 is 29.0 Å². The zero-order valence-corrected chi connectivity index (χ0v) is 23.2. The third-order valence-corrected chi connectivity index (χ3v) is 6.39. The molecule has 0 fully saturated rings. The van der Waals surface area contributed by atoms with Crippen LogP contribution in [-0.2, 0) is 0 Å². The predicted octanol–water partition coefficient (Wildman–Crippen LogP) is 5.93. The molecule has 0 aliphatic heterocycles. The number of allylic oxidation sites excluding steroid dienone is 4. The van der Waals surface area contributed by atoms with Crippen molar-refractivity contribution in [2.45, 2.75) is 38.5 Å². The number of alkyl halides is 3. The second kappa shape index (κ2) is 13.3. The van der Waals surface area contributed by atoms with Gasteiger partial charge in [0.15, 0.2) is 10.9 Å². The standard InChI is InChI=1S/C28H29F3N6O3S/c1-18-16-23(39-2)13-14-24(18)34-27(41)35-26(38)32-15-3-4-19-5-7-20(8-6-19)25-33-17-37(36-25)21-9-11-22(12-10-21)40-28(29,30)31/h5-7,9-14,16-17,20H,3-4,8,15H2,1-2H3,(H3,32,34,35,38,41). The van der Waals surface area contributed by atoms with E-state index in [9.17, 15) is 18.0 Å². The topological polar surface area (TPSA) is 102 Å². The second-order valence-corrected chi connectivity index (χ2v) is 9.60. The van der Waals surface area contributed by atoms with E-state index < -0.39 is 6.36 Å². The zero-order valence-electron chi connectivity index (χ0n) is 22.4. The van der Waals surface area contributed by atoms with E-state index in [1.54, 1.807) is 13.2 Å². The molecule has 41 heavy (non-hydrogen) atoms. The fraction of sp³-hybridized carbons (Fsp3) is 0.286. The van der Waals surface area contributed by atoms with Crippen molar-refractivity contribution < 1.29 is 27.4 Å². The number of rotatable bonds is 9. The molecule has 3 N–H and O–H groups in total. The van der Waals surface area contributed by atoms with Gasteiger partial charge < -0.3 is 20.1 Å². The highest BCUT2D eigenvalue weighted by Gasteiger charge is 2.31. The Kier molecular flexibility index (Phi) is 9.61. The molecule has 0 saturated carbocycles. The molecule has 4 rings (SSSR count). The summed E-state index contributed by atoms with van der Waals surface area (Å²) in [5, 5.41) is 13.1. The monoisotopic (exact) mass is 586 g/mol. The Labute approximate surface area is 240 Å². The fourth-order valence-corrected chi connectivity index (χ4v) is 4.31. The van der Waals surface area contributed by atoms with Gasteiger partial charge in [-0.15, -0.1) is 13.2 Å². The first-order valence-electron chi connectivity index (χ1n) is 12.7. The van der Waals surface area contributed by atoms with Crippen LogP contribution in [-0.4, -0.2) is 45.9 Å². The van der Waals surface area contributed by atoms with Crippen LogP contribution >= 0.6 is 12.2 Å². The van der Waals surface area contributed by atoms with Gasteiger partial charge in [-0.3, -0.25) is 5.32 Å². The summed E-state index contributed by atoms with van der Waals surface area (Å²) in [6.45, 7) is 2.39. The second-order valence-electron chi connectivity index (χ2n) is 9.19. The van der Waals surface area contributed by atoms with E-state index in [2.05, 4.69) is 36.8 Å². The fourth-order valence-electron chi connectivity index (χ4n) is 4.11. The van der Waals surface area contributed by atoms with Crippen molar-refractivity contribution in [2.24, 2.45) is 0 Å². The molecule has 1 unspecified atom stereocenters. The molecule has 0 radical (unpaired) electrons. The van der Waals surface area contributed by atoms with E-state index >= 15 is 0 Å². The number of methoxy groups -OCH3 is 1. The Balaban J connectivity index is 1.17. The maximum atomic E-state index is 12.4. The number of aromatic nitrogens is 3. The lowest BCUT2D eigenvalue weighted by atomic mass is 9.94. The highest BCUT2D eigenvalue weighted by Crippen LogP contribution is 2.27. The van der Waals surface area contributed by atoms with Gasteiger partial charge in [0.1, 0.15) is 17.8 Å². The Bertz CT molecular complexity index is 1440. The van der Waals surface area contributed by atoms with E-state index in [4.69, 9.17) is 17.0 Å². The Morgan fingerprint density at radius 2 is 1.93 bits per heavy atom. The summed E-state index contributed by atoms with van der Waals surface area (Å²) in [4.78, 5) is 16.6. The summed E-state index contributed by atoms with van der Waals surface area (Å²) in [5.41, 5.74) is 3.43. The van der Waals surface area contributed by atoms with Gasteiger partial charge in [0, 0.05) is 18.2 Å². The Hall–Kier alpha value is -4.39. The van der Waals surface area contributed by atoms with Crippen molar-refractivity contribution in [1.29, 1.82) is 0 Å². The summed E-state index contributed by atoms with van der Waals surface area (Å²) in [7, 11) is 1.60. The minimum Gasteiger partial charge on any atom is -0.497 e. The highest BCUT2D eigenvalue weighted by atomic mass is 32.1. The maximum Gasteiger partial charge on any atom is 0.573 e. The molecule has 1 atom stereocenters. The van der Waals surface area contributed by atoms with Crippen LogP contribution in [0, 0.1) is 6.92 Å². The molecular formula is C28H29F3N6O3S. The minimum absolute atomic E-state index is 0.0143. The molecule has 216 valence electrons. The molecule has 1 aliphatic carbocycles. The number of aryl methyl sites for hydroxylation is 1. The molecule has 1 aliphatic rings. The number of thiocarbonyl (C=S) groups is 1. The molecule has 0 bridgehead atoms. The Morgan fingerprint density at radius 3 is 2.59 bits per heavy atom. The smallest absolute Gasteiger partial charge is 0.497 e. The normalized spacial score (nSPS) is 14.7. The average Bonchev–Trinajstić information content (AvgIpc) is 3.42. The Morgan fingerprint density at radius 1 is 1.17 bits per heavy atom. The SMILES string of the molecule is COc1ccc(NC(=S)NC(=O)NCCCC2=CCC(c3ncn(-c4ccc(OC(F)(F)F)cc4)n3)C=C2)c(C)c1. The third-order valence-electron chi connectivity index (χ3n) is 6.19. The van der Waals surface area contributed by atoms with Crippen LogP contribution in [0.5, 0.6) is 11.5 Å². The minimum atomic E-state index is -4.74. The number of amides is 2.